The molecule has 0 aliphatic heterocycles. The molecule has 2 aromatic heterocycles. The topological polar surface area (TPSA) is 68.0 Å². The average molecular weight is 292 g/mol. The van der Waals surface area contributed by atoms with Crippen LogP contribution in [0.15, 0.2) is 18.3 Å². The van der Waals surface area contributed by atoms with Gasteiger partial charge < -0.3 is 5.11 Å². The van der Waals surface area contributed by atoms with Crippen molar-refractivity contribution in [3.8, 4) is 5.82 Å². The molecule has 2 rings (SSSR count). The molecule has 0 saturated carbocycles. The molecule has 1 N–H and O–H groups in total. The smallest absolute Gasteiger partial charge is 0.328 e. The summed E-state index contributed by atoms with van der Waals surface area (Å²) in [6.45, 7) is 5.61. The van der Waals surface area contributed by atoms with Gasteiger partial charge in [0.15, 0.2) is 5.82 Å². The van der Waals surface area contributed by atoms with E-state index in [0.717, 1.165) is 28.6 Å². The van der Waals surface area contributed by atoms with Gasteiger partial charge in [-0.15, -0.1) is 0 Å². The van der Waals surface area contributed by atoms with Crippen molar-refractivity contribution in [3.63, 3.8) is 0 Å². The lowest BCUT2D eigenvalue weighted by Crippen LogP contribution is -2.04. The van der Waals surface area contributed by atoms with Gasteiger partial charge in [-0.1, -0.05) is 11.6 Å². The predicted molar refractivity (Wildman–Crippen MR) is 77.2 cm³/mol. The lowest BCUT2D eigenvalue weighted by atomic mass is 10.2. The summed E-state index contributed by atoms with van der Waals surface area (Å²) in [5.41, 5.74) is 3.19. The highest BCUT2D eigenvalue weighted by molar-refractivity contribution is 6.31. The molecule has 0 saturated heterocycles. The maximum absolute atomic E-state index is 10.5. The summed E-state index contributed by atoms with van der Waals surface area (Å²) < 4.78 is 1.69. The molecule has 2 heterocycles. The number of aryl methyl sites for hydroxylation is 2. The van der Waals surface area contributed by atoms with E-state index in [-0.39, 0.29) is 0 Å². The van der Waals surface area contributed by atoms with Crippen molar-refractivity contribution in [2.24, 2.45) is 0 Å². The first kappa shape index (κ1) is 14.3. The quantitative estimate of drug-likeness (QED) is 0.883. The van der Waals surface area contributed by atoms with Crippen LogP contribution in [-0.4, -0.2) is 25.8 Å². The first-order valence-corrected chi connectivity index (χ1v) is 6.37. The summed E-state index contributed by atoms with van der Waals surface area (Å²) in [7, 11) is 0. The van der Waals surface area contributed by atoms with E-state index in [2.05, 4.69) is 10.1 Å². The van der Waals surface area contributed by atoms with Gasteiger partial charge >= 0.3 is 5.97 Å². The fraction of sp³-hybridized carbons (Fsp3) is 0.214. The van der Waals surface area contributed by atoms with Crippen molar-refractivity contribution >= 4 is 23.6 Å². The number of nitrogens with zero attached hydrogens (tertiary/aromatic N) is 3. The zero-order chi connectivity index (χ0) is 14.9. The molecule has 0 radical (unpaired) electrons. The Morgan fingerprint density at radius 2 is 2.10 bits per heavy atom. The van der Waals surface area contributed by atoms with E-state index in [1.807, 2.05) is 26.8 Å². The minimum Gasteiger partial charge on any atom is -0.478 e. The Balaban J connectivity index is 2.44. The molecule has 0 spiro atoms. The molecule has 0 aromatic carbocycles. The van der Waals surface area contributed by atoms with Gasteiger partial charge in [-0.2, -0.15) is 5.10 Å². The standard InChI is InChI=1S/C14H14ClN3O2/c1-8-6-11(4-5-12(19)20)7-16-14(8)18-10(3)13(15)9(2)17-18/h4-7H,1-3H3,(H,19,20)/b5-4+. The minimum atomic E-state index is -0.989. The monoisotopic (exact) mass is 291 g/mol. The molecule has 20 heavy (non-hydrogen) atoms. The van der Waals surface area contributed by atoms with E-state index < -0.39 is 5.97 Å². The summed E-state index contributed by atoms with van der Waals surface area (Å²) in [6.07, 6.45) is 4.18. The maximum Gasteiger partial charge on any atom is 0.328 e. The van der Waals surface area contributed by atoms with E-state index in [1.165, 1.54) is 6.08 Å². The van der Waals surface area contributed by atoms with Crippen molar-refractivity contribution in [1.29, 1.82) is 0 Å². The molecule has 0 aliphatic rings. The number of hydrogen-bond donors (Lipinski definition) is 1. The molecule has 0 fully saturated rings. The van der Waals surface area contributed by atoms with Crippen LogP contribution in [0.5, 0.6) is 0 Å². The minimum absolute atomic E-state index is 0.626. The number of carboxylic acids is 1. The number of pyridine rings is 1. The summed E-state index contributed by atoms with van der Waals surface area (Å²) in [5, 5.41) is 13.6. The molecule has 6 heteroatoms. The molecule has 0 bridgehead atoms. The Kier molecular flexibility index (Phi) is 3.90. The van der Waals surface area contributed by atoms with E-state index >= 15 is 0 Å². The number of carboxylic acid groups (broad SMARTS) is 1. The summed E-state index contributed by atoms with van der Waals surface area (Å²) >= 11 is 6.13. The fourth-order valence-corrected chi connectivity index (χ4v) is 2.02. The van der Waals surface area contributed by atoms with Gasteiger partial charge in [-0.05, 0) is 44.0 Å². The SMILES string of the molecule is Cc1cc(/C=C/C(=O)O)cnc1-n1nc(C)c(Cl)c1C. The molecule has 104 valence electrons. The van der Waals surface area contributed by atoms with Crippen LogP contribution in [0.25, 0.3) is 11.9 Å². The number of aromatic nitrogens is 3. The van der Waals surface area contributed by atoms with Gasteiger partial charge in [-0.3, -0.25) is 0 Å². The number of halogens is 1. The summed E-state index contributed by atoms with van der Waals surface area (Å²) in [4.78, 5) is 14.8. The van der Waals surface area contributed by atoms with Crippen LogP contribution in [0, 0.1) is 20.8 Å². The molecule has 0 aliphatic carbocycles. The molecular weight excluding hydrogens is 278 g/mol. The Hall–Kier alpha value is -2.14. The van der Waals surface area contributed by atoms with Crippen molar-refractivity contribution < 1.29 is 9.90 Å². The van der Waals surface area contributed by atoms with Crippen molar-refractivity contribution in [2.45, 2.75) is 20.8 Å². The fourth-order valence-electron chi connectivity index (χ4n) is 1.90. The lowest BCUT2D eigenvalue weighted by molar-refractivity contribution is -0.131. The van der Waals surface area contributed by atoms with Crippen LogP contribution >= 0.6 is 11.6 Å². The van der Waals surface area contributed by atoms with E-state index in [1.54, 1.807) is 10.9 Å². The van der Waals surface area contributed by atoms with Gasteiger partial charge in [0.2, 0.25) is 0 Å². The zero-order valence-corrected chi connectivity index (χ0v) is 12.1. The molecule has 0 unspecified atom stereocenters. The number of hydrogen-bond acceptors (Lipinski definition) is 3. The van der Waals surface area contributed by atoms with Gasteiger partial charge in [0.1, 0.15) is 0 Å². The molecular formula is C14H14ClN3O2. The largest absolute Gasteiger partial charge is 0.478 e. The number of carbonyl (C=O) groups is 1. The van der Waals surface area contributed by atoms with E-state index in [4.69, 9.17) is 16.7 Å². The van der Waals surface area contributed by atoms with Gasteiger partial charge in [0, 0.05) is 12.3 Å². The van der Waals surface area contributed by atoms with Crippen LogP contribution in [0.1, 0.15) is 22.5 Å². The normalized spacial score (nSPS) is 11.2. The second-order valence-corrected chi connectivity index (χ2v) is 4.86. The Bertz CT molecular complexity index is 705. The predicted octanol–water partition coefficient (Wildman–Crippen LogP) is 2.94. The average Bonchev–Trinajstić information content (AvgIpc) is 2.64. The summed E-state index contributed by atoms with van der Waals surface area (Å²) in [5.74, 6) is -0.304. The third-order valence-electron chi connectivity index (χ3n) is 2.89. The van der Waals surface area contributed by atoms with Crippen molar-refractivity contribution in [1.82, 2.24) is 14.8 Å². The van der Waals surface area contributed by atoms with E-state index in [0.29, 0.717) is 10.8 Å². The summed E-state index contributed by atoms with van der Waals surface area (Å²) in [6, 6.07) is 1.85. The van der Waals surface area contributed by atoms with E-state index in [9.17, 15) is 4.79 Å². The Morgan fingerprint density at radius 1 is 1.40 bits per heavy atom. The zero-order valence-electron chi connectivity index (χ0n) is 11.4. The third-order valence-corrected chi connectivity index (χ3v) is 3.44. The van der Waals surface area contributed by atoms with Crippen LogP contribution in [0.4, 0.5) is 0 Å². The second-order valence-electron chi connectivity index (χ2n) is 4.48. The lowest BCUT2D eigenvalue weighted by Gasteiger charge is -2.07. The molecule has 0 atom stereocenters. The van der Waals surface area contributed by atoms with Gasteiger partial charge in [0.25, 0.3) is 0 Å². The Morgan fingerprint density at radius 3 is 2.60 bits per heavy atom. The van der Waals surface area contributed by atoms with Crippen LogP contribution in [0.2, 0.25) is 5.02 Å². The van der Waals surface area contributed by atoms with Crippen LogP contribution < -0.4 is 0 Å². The second kappa shape index (κ2) is 5.46. The highest BCUT2D eigenvalue weighted by Crippen LogP contribution is 2.23. The first-order valence-electron chi connectivity index (χ1n) is 6.00. The van der Waals surface area contributed by atoms with Crippen molar-refractivity contribution in [3.05, 3.63) is 45.9 Å². The Labute approximate surface area is 121 Å². The molecule has 5 nitrogen and oxygen atoms in total. The highest BCUT2D eigenvalue weighted by atomic mass is 35.5. The number of aliphatic carboxylic acids is 1. The first-order chi connectivity index (χ1) is 9.40. The number of rotatable bonds is 3. The molecule has 0 amide bonds. The van der Waals surface area contributed by atoms with Crippen LogP contribution in [0.3, 0.4) is 0 Å². The highest BCUT2D eigenvalue weighted by Gasteiger charge is 2.13. The van der Waals surface area contributed by atoms with Gasteiger partial charge in [0.05, 0.1) is 16.4 Å². The molecule has 2 aromatic rings. The van der Waals surface area contributed by atoms with Crippen molar-refractivity contribution in [2.75, 3.05) is 0 Å². The maximum atomic E-state index is 10.5. The third kappa shape index (κ3) is 2.72. The van der Waals surface area contributed by atoms with Crippen LogP contribution in [-0.2, 0) is 4.79 Å². The van der Waals surface area contributed by atoms with Gasteiger partial charge in [-0.25, -0.2) is 14.5 Å².